The zero-order chi connectivity index (χ0) is 18.0. The second kappa shape index (κ2) is 6.90. The molecular weight excluding hydrogens is 342 g/mol. The average molecular weight is 358 g/mol. The number of aryl methyl sites for hydroxylation is 1. The molecule has 1 unspecified atom stereocenters. The van der Waals surface area contributed by atoms with Gasteiger partial charge in [0.1, 0.15) is 6.04 Å². The summed E-state index contributed by atoms with van der Waals surface area (Å²) >= 11 is 6.07. The highest BCUT2D eigenvalue weighted by atomic mass is 35.5. The molecule has 1 amide bonds. The van der Waals surface area contributed by atoms with E-state index in [0.717, 1.165) is 10.2 Å². The largest absolute Gasteiger partial charge is 0.324 e. The van der Waals surface area contributed by atoms with Crippen molar-refractivity contribution in [1.82, 2.24) is 19.6 Å². The van der Waals surface area contributed by atoms with Crippen LogP contribution in [0.25, 0.3) is 5.82 Å². The Morgan fingerprint density at radius 1 is 1.28 bits per heavy atom. The highest BCUT2D eigenvalue weighted by Crippen LogP contribution is 2.20. The van der Waals surface area contributed by atoms with Crippen molar-refractivity contribution in [3.05, 3.63) is 69.7 Å². The highest BCUT2D eigenvalue weighted by Gasteiger charge is 2.18. The number of hydrogen-bond acceptors (Lipinski definition) is 4. The van der Waals surface area contributed by atoms with Crippen LogP contribution in [0.5, 0.6) is 0 Å². The first-order chi connectivity index (χ1) is 12.0. The summed E-state index contributed by atoms with van der Waals surface area (Å²) in [6.45, 7) is 3.48. The average Bonchev–Trinajstić information content (AvgIpc) is 3.12. The summed E-state index contributed by atoms with van der Waals surface area (Å²) in [4.78, 5) is 24.6. The van der Waals surface area contributed by atoms with Crippen molar-refractivity contribution < 1.29 is 4.79 Å². The molecule has 0 saturated heterocycles. The summed E-state index contributed by atoms with van der Waals surface area (Å²) in [5, 5.41) is 11.6. The van der Waals surface area contributed by atoms with Gasteiger partial charge in [0.25, 0.3) is 5.56 Å². The lowest BCUT2D eigenvalue weighted by Crippen LogP contribution is -2.33. The fraction of sp³-hybridized carbons (Fsp3) is 0.176. The minimum atomic E-state index is -0.803. The standard InChI is InChI=1S/C17H16ClN5O2/c1-11-4-5-13(10-14(11)18)20-17(25)12(2)23-16(24)7-6-15(21-23)22-9-3-8-19-22/h3-10,12H,1-2H3,(H,20,25). The first-order valence-corrected chi connectivity index (χ1v) is 8.00. The molecule has 25 heavy (non-hydrogen) atoms. The second-order valence-electron chi connectivity index (χ2n) is 5.55. The van der Waals surface area contributed by atoms with Crippen molar-refractivity contribution in [2.75, 3.05) is 5.32 Å². The lowest BCUT2D eigenvalue weighted by Gasteiger charge is -2.15. The number of benzene rings is 1. The summed E-state index contributed by atoms with van der Waals surface area (Å²) in [5.41, 5.74) is 1.10. The highest BCUT2D eigenvalue weighted by molar-refractivity contribution is 6.31. The van der Waals surface area contributed by atoms with Crippen LogP contribution in [0.3, 0.4) is 0 Å². The van der Waals surface area contributed by atoms with Crippen LogP contribution in [0.4, 0.5) is 5.69 Å². The van der Waals surface area contributed by atoms with Gasteiger partial charge in [0.15, 0.2) is 5.82 Å². The molecular formula is C17H16ClN5O2. The van der Waals surface area contributed by atoms with Crippen molar-refractivity contribution >= 4 is 23.2 Å². The number of nitrogens with zero attached hydrogens (tertiary/aromatic N) is 4. The van der Waals surface area contributed by atoms with Crippen molar-refractivity contribution in [3.8, 4) is 5.82 Å². The molecule has 2 aromatic heterocycles. The summed E-state index contributed by atoms with van der Waals surface area (Å²) in [6.07, 6.45) is 3.31. The van der Waals surface area contributed by atoms with Crippen molar-refractivity contribution in [1.29, 1.82) is 0 Å². The Kier molecular flexibility index (Phi) is 4.67. The number of nitrogens with one attached hydrogen (secondary N) is 1. The summed E-state index contributed by atoms with van der Waals surface area (Å²) in [7, 11) is 0. The Hall–Kier alpha value is -2.93. The van der Waals surface area contributed by atoms with Gasteiger partial charge in [-0.05, 0) is 43.7 Å². The van der Waals surface area contributed by atoms with Crippen LogP contribution in [0.1, 0.15) is 18.5 Å². The van der Waals surface area contributed by atoms with E-state index in [4.69, 9.17) is 11.6 Å². The molecule has 3 rings (SSSR count). The van der Waals surface area contributed by atoms with Crippen LogP contribution in [0, 0.1) is 6.92 Å². The molecule has 0 aliphatic rings. The molecule has 128 valence electrons. The SMILES string of the molecule is Cc1ccc(NC(=O)C(C)n2nc(-n3cccn3)ccc2=O)cc1Cl. The van der Waals surface area contributed by atoms with Gasteiger partial charge in [0.05, 0.1) is 0 Å². The Bertz CT molecular complexity index is 965. The fourth-order valence-corrected chi connectivity index (χ4v) is 2.43. The molecule has 0 bridgehead atoms. The maximum atomic E-state index is 12.5. The van der Waals surface area contributed by atoms with Gasteiger partial charge in [0, 0.05) is 29.2 Å². The van der Waals surface area contributed by atoms with Crippen LogP contribution in [0.15, 0.2) is 53.6 Å². The molecule has 0 aliphatic carbocycles. The topological polar surface area (TPSA) is 81.8 Å². The summed E-state index contributed by atoms with van der Waals surface area (Å²) in [6, 6.07) is 9.08. The fourth-order valence-electron chi connectivity index (χ4n) is 2.25. The van der Waals surface area contributed by atoms with E-state index in [1.807, 2.05) is 13.0 Å². The van der Waals surface area contributed by atoms with Gasteiger partial charge in [-0.15, -0.1) is 5.10 Å². The van der Waals surface area contributed by atoms with Crippen molar-refractivity contribution in [2.45, 2.75) is 19.9 Å². The van der Waals surface area contributed by atoms with Gasteiger partial charge in [0.2, 0.25) is 5.91 Å². The van der Waals surface area contributed by atoms with Gasteiger partial charge in [-0.25, -0.2) is 9.36 Å². The molecule has 7 nitrogen and oxygen atoms in total. The van der Waals surface area contributed by atoms with Crippen LogP contribution in [-0.2, 0) is 4.79 Å². The van der Waals surface area contributed by atoms with Gasteiger partial charge < -0.3 is 5.32 Å². The molecule has 0 aliphatic heterocycles. The lowest BCUT2D eigenvalue weighted by atomic mass is 10.2. The van der Waals surface area contributed by atoms with E-state index in [2.05, 4.69) is 15.5 Å². The molecule has 0 radical (unpaired) electrons. The number of aromatic nitrogens is 4. The maximum absolute atomic E-state index is 12.5. The van der Waals surface area contributed by atoms with Gasteiger partial charge in [-0.3, -0.25) is 9.59 Å². The molecule has 3 aromatic rings. The molecule has 8 heteroatoms. The van der Waals surface area contributed by atoms with E-state index < -0.39 is 6.04 Å². The van der Waals surface area contributed by atoms with Gasteiger partial charge >= 0.3 is 0 Å². The van der Waals surface area contributed by atoms with E-state index in [1.165, 1.54) is 10.7 Å². The van der Waals surface area contributed by atoms with Crippen LogP contribution >= 0.6 is 11.6 Å². The minimum Gasteiger partial charge on any atom is -0.324 e. The maximum Gasteiger partial charge on any atom is 0.267 e. The second-order valence-corrected chi connectivity index (χ2v) is 5.96. The number of carbonyl (C=O) groups is 1. The predicted molar refractivity (Wildman–Crippen MR) is 95.1 cm³/mol. The smallest absolute Gasteiger partial charge is 0.267 e. The Labute approximate surface area is 148 Å². The third-order valence-corrected chi connectivity index (χ3v) is 4.14. The van der Waals surface area contributed by atoms with Crippen LogP contribution in [-0.4, -0.2) is 25.5 Å². The quantitative estimate of drug-likeness (QED) is 0.778. The number of halogens is 1. The molecule has 0 spiro atoms. The number of rotatable bonds is 4. The molecule has 1 N–H and O–H groups in total. The minimum absolute atomic E-state index is 0.368. The first-order valence-electron chi connectivity index (χ1n) is 7.62. The monoisotopic (exact) mass is 357 g/mol. The Morgan fingerprint density at radius 2 is 2.08 bits per heavy atom. The molecule has 0 fully saturated rings. The Balaban J connectivity index is 1.85. The lowest BCUT2D eigenvalue weighted by molar-refractivity contribution is -0.119. The van der Waals surface area contributed by atoms with Crippen molar-refractivity contribution in [3.63, 3.8) is 0 Å². The van der Waals surface area contributed by atoms with Gasteiger partial charge in [-0.1, -0.05) is 17.7 Å². The number of hydrogen-bond donors (Lipinski definition) is 1. The van der Waals surface area contributed by atoms with Crippen LogP contribution < -0.4 is 10.9 Å². The van der Waals surface area contributed by atoms with Gasteiger partial charge in [-0.2, -0.15) is 5.10 Å². The number of anilines is 1. The molecule has 1 aromatic carbocycles. The predicted octanol–water partition coefficient (Wildman–Crippen LogP) is 2.59. The third kappa shape index (κ3) is 3.61. The zero-order valence-electron chi connectivity index (χ0n) is 13.7. The van der Waals surface area contributed by atoms with E-state index in [1.54, 1.807) is 43.6 Å². The normalized spacial score (nSPS) is 12.0. The Morgan fingerprint density at radius 3 is 2.76 bits per heavy atom. The van der Waals surface area contributed by atoms with Crippen molar-refractivity contribution in [2.24, 2.45) is 0 Å². The number of amides is 1. The third-order valence-electron chi connectivity index (χ3n) is 3.74. The van der Waals surface area contributed by atoms with Crippen LogP contribution in [0.2, 0.25) is 5.02 Å². The number of carbonyl (C=O) groups excluding carboxylic acids is 1. The summed E-state index contributed by atoms with van der Waals surface area (Å²) in [5.74, 6) is 0.0785. The van der Waals surface area contributed by atoms with E-state index in [9.17, 15) is 9.59 Å². The molecule has 2 heterocycles. The zero-order valence-corrected chi connectivity index (χ0v) is 14.4. The first kappa shape index (κ1) is 16.9. The van der Waals surface area contributed by atoms with E-state index in [0.29, 0.717) is 16.5 Å². The molecule has 0 saturated carbocycles. The summed E-state index contributed by atoms with van der Waals surface area (Å²) < 4.78 is 2.64. The molecule has 1 atom stereocenters. The van der Waals surface area contributed by atoms with E-state index in [-0.39, 0.29) is 11.5 Å². The van der Waals surface area contributed by atoms with E-state index >= 15 is 0 Å².